The van der Waals surface area contributed by atoms with Gasteiger partial charge in [-0.3, -0.25) is 0 Å². The number of hydrogen-bond acceptors (Lipinski definition) is 4. The first-order valence-corrected chi connectivity index (χ1v) is 4.78. The summed E-state index contributed by atoms with van der Waals surface area (Å²) < 4.78 is 1.91. The average Bonchev–Trinajstić information content (AvgIpc) is 2.44. The predicted molar refractivity (Wildman–Crippen MR) is 50.0 cm³/mol. The number of aryl methyl sites for hydroxylation is 1. The Bertz CT molecular complexity index is 270. The first-order valence-electron chi connectivity index (χ1n) is 3.99. The van der Waals surface area contributed by atoms with Crippen molar-refractivity contribution in [3.63, 3.8) is 0 Å². The maximum atomic E-state index is 9.66. The lowest BCUT2D eigenvalue weighted by atomic mass is 10.1. The minimum Gasteiger partial charge on any atom is -0.390 e. The first kappa shape index (κ1) is 10.6. The molecule has 2 N–H and O–H groups in total. The van der Waals surface area contributed by atoms with Crippen molar-refractivity contribution in [3.05, 3.63) is 10.3 Å². The van der Waals surface area contributed by atoms with Crippen LogP contribution in [-0.2, 0) is 7.05 Å². The molecule has 0 spiro atoms. The largest absolute Gasteiger partial charge is 0.390 e. The molecular weight excluding hydrogens is 238 g/mol. The summed E-state index contributed by atoms with van der Waals surface area (Å²) in [6.07, 6.45) is -1.24. The summed E-state index contributed by atoms with van der Waals surface area (Å²) in [6, 6.07) is 0. The monoisotopic (exact) mass is 249 g/mol. The average molecular weight is 250 g/mol. The quantitative estimate of drug-likeness (QED) is 0.813. The minimum absolute atomic E-state index is 0.468. The fourth-order valence-corrected chi connectivity index (χ4v) is 1.62. The second-order valence-electron chi connectivity index (χ2n) is 2.81. The Morgan fingerprint density at radius 3 is 2.54 bits per heavy atom. The fourth-order valence-electron chi connectivity index (χ4n) is 1.06. The van der Waals surface area contributed by atoms with Crippen molar-refractivity contribution < 1.29 is 10.2 Å². The molecule has 5 nitrogen and oxygen atoms in total. The molecule has 1 heterocycles. The number of aliphatic hydroxyl groups excluding tert-OH is 2. The van der Waals surface area contributed by atoms with Crippen LogP contribution in [0.1, 0.15) is 25.1 Å². The maximum absolute atomic E-state index is 9.66. The van der Waals surface area contributed by atoms with Crippen LogP contribution in [0.3, 0.4) is 0 Å². The normalized spacial score (nSPS) is 15.8. The van der Waals surface area contributed by atoms with Gasteiger partial charge in [0.25, 0.3) is 0 Å². The zero-order valence-electron chi connectivity index (χ0n) is 7.48. The highest BCUT2D eigenvalue weighted by molar-refractivity contribution is 9.10. The molecular formula is C7H12BrN3O2. The molecule has 1 aromatic rings. The number of aromatic nitrogens is 3. The topological polar surface area (TPSA) is 71.2 Å². The molecule has 0 fully saturated rings. The summed E-state index contributed by atoms with van der Waals surface area (Å²) in [6.45, 7) is 1.80. The number of halogens is 1. The third-order valence-electron chi connectivity index (χ3n) is 1.89. The molecule has 0 radical (unpaired) electrons. The van der Waals surface area contributed by atoms with Crippen LogP contribution in [0, 0.1) is 0 Å². The van der Waals surface area contributed by atoms with E-state index in [9.17, 15) is 10.2 Å². The first-order chi connectivity index (χ1) is 6.07. The van der Waals surface area contributed by atoms with Crippen LogP contribution < -0.4 is 0 Å². The van der Waals surface area contributed by atoms with Crippen LogP contribution >= 0.6 is 15.9 Å². The lowest BCUT2D eigenvalue weighted by Gasteiger charge is -2.15. The second kappa shape index (κ2) is 4.17. The number of aliphatic hydroxyl groups is 2. The van der Waals surface area contributed by atoms with Gasteiger partial charge in [-0.25, -0.2) is 4.68 Å². The zero-order valence-corrected chi connectivity index (χ0v) is 9.06. The standard InChI is InChI=1S/C7H12BrN3O2/c1-3-4(12)6(13)5-7(8)9-10-11(5)2/h4,6,12-13H,3H2,1-2H3. The molecule has 0 saturated heterocycles. The molecule has 2 atom stereocenters. The van der Waals surface area contributed by atoms with Crippen molar-refractivity contribution in [2.45, 2.75) is 25.6 Å². The Morgan fingerprint density at radius 1 is 1.54 bits per heavy atom. The van der Waals surface area contributed by atoms with Gasteiger partial charge in [-0.1, -0.05) is 12.1 Å². The summed E-state index contributed by atoms with van der Waals surface area (Å²) in [5, 5.41) is 26.5. The molecule has 0 aliphatic heterocycles. The molecule has 0 saturated carbocycles. The van der Waals surface area contributed by atoms with Gasteiger partial charge in [-0.15, -0.1) is 5.10 Å². The third kappa shape index (κ3) is 2.07. The molecule has 0 aliphatic rings. The van der Waals surface area contributed by atoms with E-state index in [-0.39, 0.29) is 0 Å². The van der Waals surface area contributed by atoms with Gasteiger partial charge in [-0.2, -0.15) is 0 Å². The van der Waals surface area contributed by atoms with E-state index < -0.39 is 12.2 Å². The van der Waals surface area contributed by atoms with E-state index >= 15 is 0 Å². The summed E-state index contributed by atoms with van der Waals surface area (Å²) >= 11 is 3.15. The molecule has 0 aliphatic carbocycles. The van der Waals surface area contributed by atoms with Gasteiger partial charge in [0.1, 0.15) is 11.8 Å². The number of nitrogens with zero attached hydrogens (tertiary/aromatic N) is 3. The van der Waals surface area contributed by atoms with Crippen LogP contribution in [0.2, 0.25) is 0 Å². The van der Waals surface area contributed by atoms with Gasteiger partial charge < -0.3 is 10.2 Å². The van der Waals surface area contributed by atoms with Gasteiger partial charge in [0.2, 0.25) is 0 Å². The van der Waals surface area contributed by atoms with E-state index in [2.05, 4.69) is 26.2 Å². The Balaban J connectivity index is 2.93. The van der Waals surface area contributed by atoms with Crippen molar-refractivity contribution >= 4 is 15.9 Å². The maximum Gasteiger partial charge on any atom is 0.154 e. The van der Waals surface area contributed by atoms with E-state index in [0.717, 1.165) is 0 Å². The zero-order chi connectivity index (χ0) is 10.0. The highest BCUT2D eigenvalue weighted by atomic mass is 79.9. The van der Waals surface area contributed by atoms with Crippen molar-refractivity contribution in [1.82, 2.24) is 15.0 Å². The molecule has 1 aromatic heterocycles. The molecule has 6 heteroatoms. The Morgan fingerprint density at radius 2 is 2.15 bits per heavy atom. The van der Waals surface area contributed by atoms with Crippen molar-refractivity contribution in [1.29, 1.82) is 0 Å². The molecule has 0 amide bonds. The van der Waals surface area contributed by atoms with E-state index in [4.69, 9.17) is 0 Å². The van der Waals surface area contributed by atoms with Crippen LogP contribution in [0.4, 0.5) is 0 Å². The van der Waals surface area contributed by atoms with Crippen LogP contribution in [0.25, 0.3) is 0 Å². The van der Waals surface area contributed by atoms with Crippen LogP contribution in [0.15, 0.2) is 4.60 Å². The van der Waals surface area contributed by atoms with E-state index in [1.54, 1.807) is 14.0 Å². The van der Waals surface area contributed by atoms with E-state index in [1.807, 2.05) is 0 Å². The predicted octanol–water partition coefficient (Wildman–Crippen LogP) is 0.382. The van der Waals surface area contributed by atoms with Crippen molar-refractivity contribution in [2.24, 2.45) is 7.05 Å². The fraction of sp³-hybridized carbons (Fsp3) is 0.714. The Hall–Kier alpha value is -0.460. The molecule has 74 valence electrons. The summed E-state index contributed by atoms with van der Waals surface area (Å²) in [4.78, 5) is 0. The van der Waals surface area contributed by atoms with Crippen LogP contribution in [-0.4, -0.2) is 31.3 Å². The second-order valence-corrected chi connectivity index (χ2v) is 3.56. The minimum atomic E-state index is -0.945. The molecule has 13 heavy (non-hydrogen) atoms. The van der Waals surface area contributed by atoms with Gasteiger partial charge in [0, 0.05) is 7.05 Å². The highest BCUT2D eigenvalue weighted by Gasteiger charge is 2.23. The van der Waals surface area contributed by atoms with Crippen LogP contribution in [0.5, 0.6) is 0 Å². The van der Waals surface area contributed by atoms with E-state index in [1.165, 1.54) is 4.68 Å². The van der Waals surface area contributed by atoms with Crippen molar-refractivity contribution in [3.8, 4) is 0 Å². The summed E-state index contributed by atoms with van der Waals surface area (Å²) in [7, 11) is 1.67. The number of rotatable bonds is 3. The summed E-state index contributed by atoms with van der Waals surface area (Å²) in [5.74, 6) is 0. The molecule has 2 unspecified atom stereocenters. The smallest absolute Gasteiger partial charge is 0.154 e. The molecule has 0 aromatic carbocycles. The Labute approximate surface area is 84.5 Å². The third-order valence-corrected chi connectivity index (χ3v) is 2.45. The van der Waals surface area contributed by atoms with E-state index in [0.29, 0.717) is 16.7 Å². The van der Waals surface area contributed by atoms with Gasteiger partial charge >= 0.3 is 0 Å². The van der Waals surface area contributed by atoms with Crippen molar-refractivity contribution in [2.75, 3.05) is 0 Å². The molecule has 1 rings (SSSR count). The van der Waals surface area contributed by atoms with Gasteiger partial charge in [-0.05, 0) is 22.4 Å². The number of hydrogen-bond donors (Lipinski definition) is 2. The lowest BCUT2D eigenvalue weighted by molar-refractivity contribution is 0.0113. The SMILES string of the molecule is CCC(O)C(O)c1c(Br)nnn1C. The van der Waals surface area contributed by atoms with Gasteiger partial charge in [0.15, 0.2) is 4.60 Å². The highest BCUT2D eigenvalue weighted by Crippen LogP contribution is 2.23. The Kier molecular flexibility index (Phi) is 3.40. The summed E-state index contributed by atoms with van der Waals surface area (Å²) in [5.41, 5.74) is 0.495. The van der Waals surface area contributed by atoms with Gasteiger partial charge in [0.05, 0.1) is 6.10 Å². The molecule has 0 bridgehead atoms. The lowest BCUT2D eigenvalue weighted by Crippen LogP contribution is -2.20.